The highest BCUT2D eigenvalue weighted by Crippen LogP contribution is 2.25. The molecule has 0 unspecified atom stereocenters. The second-order valence-corrected chi connectivity index (χ2v) is 9.52. The third-order valence-electron chi connectivity index (χ3n) is 5.23. The van der Waals surface area contributed by atoms with Gasteiger partial charge in [-0.05, 0) is 86.5 Å². The maximum atomic E-state index is 12.8. The molecule has 2 N–H and O–H groups in total. The van der Waals surface area contributed by atoms with E-state index in [0.29, 0.717) is 29.4 Å². The highest BCUT2D eigenvalue weighted by Gasteiger charge is 2.17. The summed E-state index contributed by atoms with van der Waals surface area (Å²) in [6.07, 6.45) is 0. The second-order valence-electron chi connectivity index (χ2n) is 7.84. The van der Waals surface area contributed by atoms with Crippen LogP contribution < -0.4 is 24.2 Å². The Kier molecular flexibility index (Phi) is 8.59. The lowest BCUT2D eigenvalue weighted by molar-refractivity contribution is -0.123. The van der Waals surface area contributed by atoms with Gasteiger partial charge in [0.15, 0.2) is 6.61 Å². The predicted molar refractivity (Wildman–Crippen MR) is 135 cm³/mol. The Hall–Kier alpha value is -3.72. The van der Waals surface area contributed by atoms with Gasteiger partial charge in [-0.2, -0.15) is 0 Å². The molecule has 3 aromatic carbocycles. The highest BCUT2D eigenvalue weighted by atomic mass is 32.2. The van der Waals surface area contributed by atoms with E-state index < -0.39 is 10.0 Å². The van der Waals surface area contributed by atoms with Crippen molar-refractivity contribution in [1.82, 2.24) is 5.32 Å². The molecule has 0 bridgehead atoms. The number of amides is 1. The van der Waals surface area contributed by atoms with Crippen molar-refractivity contribution in [1.29, 1.82) is 0 Å². The molecule has 0 fully saturated rings. The van der Waals surface area contributed by atoms with Crippen LogP contribution in [0.25, 0.3) is 0 Å². The summed E-state index contributed by atoms with van der Waals surface area (Å²) < 4.78 is 44.3. The van der Waals surface area contributed by atoms with Crippen molar-refractivity contribution in [3.05, 3.63) is 77.9 Å². The van der Waals surface area contributed by atoms with Gasteiger partial charge in [0.25, 0.3) is 15.9 Å². The standard InChI is InChI=1S/C26H30N2O6S/c1-5-33-23-12-8-21(9-13-23)28-35(30,31)24-14-15-25(18(2)16-24)34-17-26(29)27-19(3)20-6-10-22(32-4)11-7-20/h6-16,19,28H,5,17H2,1-4H3,(H,27,29)/t19-/m0/s1. The average Bonchev–Trinajstić information content (AvgIpc) is 2.84. The van der Waals surface area contributed by atoms with Crippen molar-refractivity contribution in [2.24, 2.45) is 0 Å². The lowest BCUT2D eigenvalue weighted by atomic mass is 10.1. The van der Waals surface area contributed by atoms with E-state index in [4.69, 9.17) is 14.2 Å². The average molecular weight is 499 g/mol. The Labute approximate surface area is 206 Å². The zero-order chi connectivity index (χ0) is 25.4. The van der Waals surface area contributed by atoms with E-state index in [1.807, 2.05) is 38.1 Å². The number of carbonyl (C=O) groups excluding carboxylic acids is 1. The maximum absolute atomic E-state index is 12.8. The number of hydrogen-bond acceptors (Lipinski definition) is 6. The van der Waals surface area contributed by atoms with Crippen LogP contribution in [-0.4, -0.2) is 34.6 Å². The van der Waals surface area contributed by atoms with E-state index in [-0.39, 0.29) is 23.5 Å². The van der Waals surface area contributed by atoms with Crippen molar-refractivity contribution >= 4 is 21.6 Å². The normalized spacial score (nSPS) is 11.9. The minimum Gasteiger partial charge on any atom is -0.497 e. The number of aryl methyl sites for hydroxylation is 1. The summed E-state index contributed by atoms with van der Waals surface area (Å²) >= 11 is 0. The zero-order valence-corrected chi connectivity index (χ0v) is 21.0. The Balaban J connectivity index is 1.58. The summed E-state index contributed by atoms with van der Waals surface area (Å²) in [4.78, 5) is 12.4. The minimum atomic E-state index is -3.80. The van der Waals surface area contributed by atoms with Gasteiger partial charge in [-0.25, -0.2) is 8.42 Å². The van der Waals surface area contributed by atoms with E-state index in [0.717, 1.165) is 11.3 Å². The topological polar surface area (TPSA) is 103 Å². The van der Waals surface area contributed by atoms with Crippen molar-refractivity contribution in [2.45, 2.75) is 31.7 Å². The Morgan fingerprint density at radius 2 is 1.60 bits per heavy atom. The Morgan fingerprint density at radius 3 is 2.20 bits per heavy atom. The van der Waals surface area contributed by atoms with Crippen LogP contribution in [0.5, 0.6) is 17.2 Å². The summed E-state index contributed by atoms with van der Waals surface area (Å²) in [6, 6.07) is 18.4. The molecule has 3 rings (SSSR count). The van der Waals surface area contributed by atoms with E-state index in [9.17, 15) is 13.2 Å². The lowest BCUT2D eigenvalue weighted by Gasteiger charge is -2.16. The third-order valence-corrected chi connectivity index (χ3v) is 6.61. The van der Waals surface area contributed by atoms with Gasteiger partial charge in [-0.1, -0.05) is 12.1 Å². The summed E-state index contributed by atoms with van der Waals surface area (Å²) in [5.41, 5.74) is 1.95. The Bertz CT molecular complexity index is 1240. The smallest absolute Gasteiger partial charge is 0.261 e. The van der Waals surface area contributed by atoms with Crippen molar-refractivity contribution in [2.75, 3.05) is 25.0 Å². The van der Waals surface area contributed by atoms with Gasteiger partial charge in [0.1, 0.15) is 17.2 Å². The highest BCUT2D eigenvalue weighted by molar-refractivity contribution is 7.92. The summed E-state index contributed by atoms with van der Waals surface area (Å²) in [6.45, 7) is 5.81. The zero-order valence-electron chi connectivity index (χ0n) is 20.2. The van der Waals surface area contributed by atoms with Gasteiger partial charge in [-0.3, -0.25) is 9.52 Å². The summed E-state index contributed by atoms with van der Waals surface area (Å²) in [5.74, 6) is 1.54. The van der Waals surface area contributed by atoms with E-state index >= 15 is 0 Å². The minimum absolute atomic E-state index is 0.0915. The number of carbonyl (C=O) groups is 1. The number of sulfonamides is 1. The lowest BCUT2D eigenvalue weighted by Crippen LogP contribution is -2.31. The van der Waals surface area contributed by atoms with Gasteiger partial charge in [0, 0.05) is 5.69 Å². The molecule has 35 heavy (non-hydrogen) atoms. The Morgan fingerprint density at radius 1 is 0.943 bits per heavy atom. The second kappa shape index (κ2) is 11.6. The van der Waals surface area contributed by atoms with Gasteiger partial charge in [-0.15, -0.1) is 0 Å². The molecule has 0 spiro atoms. The first-order chi connectivity index (χ1) is 16.7. The molecule has 3 aromatic rings. The number of rotatable bonds is 11. The number of hydrogen-bond donors (Lipinski definition) is 2. The fourth-order valence-electron chi connectivity index (χ4n) is 3.35. The van der Waals surface area contributed by atoms with Gasteiger partial charge < -0.3 is 19.5 Å². The number of benzene rings is 3. The summed E-state index contributed by atoms with van der Waals surface area (Å²) in [5, 5.41) is 2.88. The quantitative estimate of drug-likeness (QED) is 0.405. The van der Waals surface area contributed by atoms with Gasteiger partial charge >= 0.3 is 0 Å². The van der Waals surface area contributed by atoms with Crippen LogP contribution in [0.1, 0.15) is 31.0 Å². The third kappa shape index (κ3) is 7.13. The van der Waals surface area contributed by atoms with E-state index in [1.165, 1.54) is 12.1 Å². The van der Waals surface area contributed by atoms with Crippen molar-refractivity contribution in [3.8, 4) is 17.2 Å². The molecule has 0 heterocycles. The monoisotopic (exact) mass is 498 g/mol. The molecule has 0 aliphatic carbocycles. The van der Waals surface area contributed by atoms with Crippen LogP contribution in [0.15, 0.2) is 71.6 Å². The number of nitrogens with one attached hydrogen (secondary N) is 2. The van der Waals surface area contributed by atoms with Crippen LogP contribution in [0, 0.1) is 6.92 Å². The molecule has 0 saturated carbocycles. The van der Waals surface area contributed by atoms with Gasteiger partial charge in [0.2, 0.25) is 0 Å². The first kappa shape index (κ1) is 25.9. The fourth-order valence-corrected chi connectivity index (χ4v) is 4.50. The van der Waals surface area contributed by atoms with E-state index in [1.54, 1.807) is 44.4 Å². The largest absolute Gasteiger partial charge is 0.497 e. The molecule has 0 saturated heterocycles. The van der Waals surface area contributed by atoms with Gasteiger partial charge in [0.05, 0.1) is 24.7 Å². The number of ether oxygens (including phenoxy) is 3. The molecule has 8 nitrogen and oxygen atoms in total. The predicted octanol–water partition coefficient (Wildman–Crippen LogP) is 4.46. The molecule has 0 aliphatic heterocycles. The first-order valence-corrected chi connectivity index (χ1v) is 12.6. The van der Waals surface area contributed by atoms with Crippen LogP contribution in [0.2, 0.25) is 0 Å². The SMILES string of the molecule is CCOc1ccc(NS(=O)(=O)c2ccc(OCC(=O)N[C@@H](C)c3ccc(OC)cc3)c(C)c2)cc1. The molecule has 9 heteroatoms. The van der Waals surface area contributed by atoms with E-state index in [2.05, 4.69) is 10.0 Å². The number of anilines is 1. The van der Waals surface area contributed by atoms with Crippen LogP contribution >= 0.6 is 0 Å². The number of methoxy groups -OCH3 is 1. The first-order valence-electron chi connectivity index (χ1n) is 11.1. The maximum Gasteiger partial charge on any atom is 0.261 e. The van der Waals surface area contributed by atoms with Crippen molar-refractivity contribution < 1.29 is 27.4 Å². The molecular weight excluding hydrogens is 468 g/mol. The molecule has 1 atom stereocenters. The van der Waals surface area contributed by atoms with Crippen LogP contribution in [0.4, 0.5) is 5.69 Å². The molecule has 1 amide bonds. The van der Waals surface area contributed by atoms with Crippen LogP contribution in [-0.2, 0) is 14.8 Å². The molecule has 0 aromatic heterocycles. The molecule has 186 valence electrons. The summed E-state index contributed by atoms with van der Waals surface area (Å²) in [7, 11) is -2.20. The van der Waals surface area contributed by atoms with Crippen LogP contribution in [0.3, 0.4) is 0 Å². The molecule has 0 radical (unpaired) electrons. The van der Waals surface area contributed by atoms with Crippen molar-refractivity contribution in [3.63, 3.8) is 0 Å². The molecular formula is C26H30N2O6S. The molecule has 0 aliphatic rings. The fraction of sp³-hybridized carbons (Fsp3) is 0.269.